The summed E-state index contributed by atoms with van der Waals surface area (Å²) in [6, 6.07) is 3.94. The van der Waals surface area contributed by atoms with Crippen LogP contribution in [0.4, 0.5) is 11.6 Å². The maximum Gasteiger partial charge on any atom is 0.191 e. The molecule has 0 amide bonds. The van der Waals surface area contributed by atoms with Gasteiger partial charge in [-0.1, -0.05) is 18.7 Å². The van der Waals surface area contributed by atoms with E-state index in [4.69, 9.17) is 4.42 Å². The van der Waals surface area contributed by atoms with E-state index in [9.17, 15) is 0 Å². The quantitative estimate of drug-likeness (QED) is 0.624. The number of hydrogen-bond donors (Lipinski definition) is 1. The van der Waals surface area contributed by atoms with Crippen molar-refractivity contribution in [1.29, 1.82) is 0 Å². The first-order chi connectivity index (χ1) is 9.72. The van der Waals surface area contributed by atoms with Crippen LogP contribution >= 0.6 is 11.8 Å². The van der Waals surface area contributed by atoms with Crippen molar-refractivity contribution < 1.29 is 4.42 Å². The summed E-state index contributed by atoms with van der Waals surface area (Å²) in [5.41, 5.74) is 1.12. The number of nitrogens with one attached hydrogen (secondary N) is 1. The smallest absolute Gasteiger partial charge is 0.191 e. The van der Waals surface area contributed by atoms with E-state index in [-0.39, 0.29) is 0 Å². The minimum absolute atomic E-state index is 0.758. The third-order valence-electron chi connectivity index (χ3n) is 2.82. The van der Waals surface area contributed by atoms with Crippen molar-refractivity contribution in [1.82, 2.24) is 9.97 Å². The van der Waals surface area contributed by atoms with Crippen LogP contribution in [0.2, 0.25) is 0 Å². The summed E-state index contributed by atoms with van der Waals surface area (Å²) >= 11 is 1.55. The summed E-state index contributed by atoms with van der Waals surface area (Å²) in [4.78, 5) is 11.1. The Kier molecular flexibility index (Phi) is 5.29. The monoisotopic (exact) mass is 292 g/mol. The molecule has 0 aliphatic heterocycles. The highest BCUT2D eigenvalue weighted by Gasteiger charge is 2.09. The standard InChI is InChI=1S/C14H20N4OS/c1-4-6-15-12-8-13(17-14(16-12)20-3)18(2)9-11-5-7-19-10-11/h5,7-8,10H,4,6,9H2,1-3H3,(H,15,16,17). The van der Waals surface area contributed by atoms with E-state index >= 15 is 0 Å². The molecule has 108 valence electrons. The van der Waals surface area contributed by atoms with Crippen LogP contribution in [0.5, 0.6) is 0 Å². The van der Waals surface area contributed by atoms with Crippen molar-refractivity contribution in [2.24, 2.45) is 0 Å². The molecule has 0 atom stereocenters. The predicted molar refractivity (Wildman–Crippen MR) is 83.4 cm³/mol. The Morgan fingerprint density at radius 1 is 1.40 bits per heavy atom. The van der Waals surface area contributed by atoms with Crippen molar-refractivity contribution in [3.05, 3.63) is 30.2 Å². The lowest BCUT2D eigenvalue weighted by Gasteiger charge is -2.18. The van der Waals surface area contributed by atoms with Gasteiger partial charge in [0.05, 0.1) is 12.5 Å². The van der Waals surface area contributed by atoms with Crippen molar-refractivity contribution in [3.63, 3.8) is 0 Å². The normalized spacial score (nSPS) is 10.6. The van der Waals surface area contributed by atoms with Gasteiger partial charge in [0, 0.05) is 31.8 Å². The lowest BCUT2D eigenvalue weighted by Crippen LogP contribution is -2.18. The van der Waals surface area contributed by atoms with E-state index in [0.29, 0.717) is 0 Å². The average Bonchev–Trinajstić information content (AvgIpc) is 2.97. The predicted octanol–water partition coefficient (Wildman–Crippen LogP) is 3.25. The third kappa shape index (κ3) is 3.90. The fourth-order valence-corrected chi connectivity index (χ4v) is 2.16. The van der Waals surface area contributed by atoms with Gasteiger partial charge in [-0.05, 0) is 18.7 Å². The lowest BCUT2D eigenvalue weighted by atomic mass is 10.3. The molecule has 0 unspecified atom stereocenters. The summed E-state index contributed by atoms with van der Waals surface area (Å²) in [5.74, 6) is 1.78. The fraction of sp³-hybridized carbons (Fsp3) is 0.429. The first kappa shape index (κ1) is 14.7. The molecule has 0 saturated heterocycles. The van der Waals surface area contributed by atoms with Crippen molar-refractivity contribution in [3.8, 4) is 0 Å². The minimum Gasteiger partial charge on any atom is -0.472 e. The molecule has 0 bridgehead atoms. The van der Waals surface area contributed by atoms with Gasteiger partial charge in [0.2, 0.25) is 0 Å². The fourth-order valence-electron chi connectivity index (χ4n) is 1.78. The molecule has 0 radical (unpaired) electrons. The Labute approximate surface area is 123 Å². The zero-order valence-electron chi connectivity index (χ0n) is 12.1. The van der Waals surface area contributed by atoms with Gasteiger partial charge in [-0.25, -0.2) is 9.97 Å². The second kappa shape index (κ2) is 7.19. The van der Waals surface area contributed by atoms with E-state index in [0.717, 1.165) is 41.9 Å². The maximum atomic E-state index is 5.10. The molecular weight excluding hydrogens is 272 g/mol. The Bertz CT molecular complexity index is 530. The van der Waals surface area contributed by atoms with Crippen molar-refractivity contribution in [2.45, 2.75) is 25.0 Å². The third-order valence-corrected chi connectivity index (χ3v) is 3.37. The van der Waals surface area contributed by atoms with Gasteiger partial charge in [-0.15, -0.1) is 0 Å². The summed E-state index contributed by atoms with van der Waals surface area (Å²) in [7, 11) is 2.02. The molecule has 1 N–H and O–H groups in total. The van der Waals surface area contributed by atoms with E-state index in [2.05, 4.69) is 27.1 Å². The van der Waals surface area contributed by atoms with Crippen LogP contribution in [0.1, 0.15) is 18.9 Å². The molecule has 6 heteroatoms. The minimum atomic E-state index is 0.758. The molecule has 2 aromatic rings. The Morgan fingerprint density at radius 3 is 2.90 bits per heavy atom. The summed E-state index contributed by atoms with van der Waals surface area (Å²) in [6.07, 6.45) is 6.49. The van der Waals surface area contributed by atoms with E-state index < -0.39 is 0 Å². The number of hydrogen-bond acceptors (Lipinski definition) is 6. The van der Waals surface area contributed by atoms with Crippen LogP contribution in [0.15, 0.2) is 34.2 Å². The molecule has 0 saturated carbocycles. The zero-order chi connectivity index (χ0) is 14.4. The van der Waals surface area contributed by atoms with Crippen LogP contribution in [-0.4, -0.2) is 29.8 Å². The van der Waals surface area contributed by atoms with Gasteiger partial charge in [0.15, 0.2) is 5.16 Å². The van der Waals surface area contributed by atoms with Crippen molar-refractivity contribution in [2.75, 3.05) is 30.1 Å². The zero-order valence-corrected chi connectivity index (χ0v) is 12.9. The lowest BCUT2D eigenvalue weighted by molar-refractivity contribution is 0.563. The van der Waals surface area contributed by atoms with Gasteiger partial charge in [0.25, 0.3) is 0 Å². The Morgan fingerprint density at radius 2 is 2.25 bits per heavy atom. The second-order valence-electron chi connectivity index (χ2n) is 4.51. The van der Waals surface area contributed by atoms with Crippen LogP contribution < -0.4 is 10.2 Å². The van der Waals surface area contributed by atoms with Gasteiger partial charge in [-0.2, -0.15) is 0 Å². The molecule has 2 heterocycles. The van der Waals surface area contributed by atoms with Crippen LogP contribution in [0, 0.1) is 0 Å². The molecule has 0 spiro atoms. The SMILES string of the molecule is CCCNc1cc(N(C)Cc2ccoc2)nc(SC)n1. The molecular formula is C14H20N4OS. The van der Waals surface area contributed by atoms with E-state index in [1.165, 1.54) is 0 Å². The maximum absolute atomic E-state index is 5.10. The molecule has 0 aromatic carbocycles. The number of thioether (sulfide) groups is 1. The molecule has 5 nitrogen and oxygen atoms in total. The number of anilines is 2. The molecule has 0 aliphatic rings. The largest absolute Gasteiger partial charge is 0.472 e. The highest BCUT2D eigenvalue weighted by atomic mass is 32.2. The molecule has 20 heavy (non-hydrogen) atoms. The molecule has 2 aromatic heterocycles. The first-order valence-electron chi connectivity index (χ1n) is 6.62. The second-order valence-corrected chi connectivity index (χ2v) is 5.29. The Balaban J connectivity index is 2.16. The van der Waals surface area contributed by atoms with Gasteiger partial charge in [-0.3, -0.25) is 0 Å². The van der Waals surface area contributed by atoms with Crippen LogP contribution in [0.25, 0.3) is 0 Å². The Hall–Kier alpha value is -1.69. The number of nitrogens with zero attached hydrogens (tertiary/aromatic N) is 3. The highest BCUT2D eigenvalue weighted by Crippen LogP contribution is 2.21. The summed E-state index contributed by atoms with van der Waals surface area (Å²) in [5, 5.41) is 4.09. The van der Waals surface area contributed by atoms with Crippen molar-refractivity contribution >= 4 is 23.4 Å². The highest BCUT2D eigenvalue weighted by molar-refractivity contribution is 7.98. The average molecular weight is 292 g/mol. The van der Waals surface area contributed by atoms with Crippen LogP contribution in [-0.2, 0) is 6.54 Å². The molecule has 2 rings (SSSR count). The van der Waals surface area contributed by atoms with E-state index in [1.807, 2.05) is 25.4 Å². The van der Waals surface area contributed by atoms with Gasteiger partial charge >= 0.3 is 0 Å². The first-order valence-corrected chi connectivity index (χ1v) is 7.84. The number of furan rings is 1. The summed E-state index contributed by atoms with van der Waals surface area (Å²) < 4.78 is 5.10. The van der Waals surface area contributed by atoms with E-state index in [1.54, 1.807) is 24.3 Å². The number of rotatable bonds is 7. The molecule has 0 fully saturated rings. The van der Waals surface area contributed by atoms with Crippen LogP contribution in [0.3, 0.4) is 0 Å². The molecule has 0 aliphatic carbocycles. The number of aromatic nitrogens is 2. The van der Waals surface area contributed by atoms with Gasteiger partial charge < -0.3 is 14.6 Å². The summed E-state index contributed by atoms with van der Waals surface area (Å²) in [6.45, 7) is 3.81. The van der Waals surface area contributed by atoms with Gasteiger partial charge in [0.1, 0.15) is 11.6 Å². The topological polar surface area (TPSA) is 54.2 Å².